The van der Waals surface area contributed by atoms with Crippen molar-refractivity contribution in [2.24, 2.45) is 11.8 Å². The molecule has 28 heavy (non-hydrogen) atoms. The number of ether oxygens (including phenoxy) is 3. The van der Waals surface area contributed by atoms with Gasteiger partial charge in [-0.2, -0.15) is 0 Å². The first-order chi connectivity index (χ1) is 13.2. The zero-order chi connectivity index (χ0) is 20.8. The minimum absolute atomic E-state index is 0.00494. The average molecular weight is 394 g/mol. The van der Waals surface area contributed by atoms with Crippen LogP contribution in [0.25, 0.3) is 0 Å². The number of hydrogen-bond donors (Lipinski definition) is 0. The van der Waals surface area contributed by atoms with Crippen molar-refractivity contribution in [2.45, 2.75) is 32.7 Å². The third-order valence-electron chi connectivity index (χ3n) is 4.58. The van der Waals surface area contributed by atoms with Crippen LogP contribution < -0.4 is 9.47 Å². The number of amides is 2. The van der Waals surface area contributed by atoms with Crippen LogP contribution >= 0.6 is 0 Å². The van der Waals surface area contributed by atoms with Crippen LogP contribution in [0.1, 0.15) is 38.3 Å². The van der Waals surface area contributed by atoms with Gasteiger partial charge in [0, 0.05) is 23.3 Å². The molecule has 1 fully saturated rings. The number of rotatable bonds is 9. The molecule has 1 aliphatic heterocycles. The quantitative estimate of drug-likeness (QED) is 0.468. The number of nitro groups is 1. The van der Waals surface area contributed by atoms with E-state index in [1.54, 1.807) is 18.2 Å². The Hall–Kier alpha value is -2.84. The highest BCUT2D eigenvalue weighted by atomic mass is 16.6. The van der Waals surface area contributed by atoms with Crippen molar-refractivity contribution in [2.75, 3.05) is 27.4 Å². The summed E-state index contributed by atoms with van der Waals surface area (Å²) < 4.78 is 15.6. The predicted octanol–water partition coefficient (Wildman–Crippen LogP) is 3.05. The molecule has 0 radical (unpaired) electrons. The van der Waals surface area contributed by atoms with E-state index in [-0.39, 0.29) is 25.5 Å². The van der Waals surface area contributed by atoms with Crippen molar-refractivity contribution in [1.29, 1.82) is 0 Å². The van der Waals surface area contributed by atoms with Crippen LogP contribution in [-0.2, 0) is 9.53 Å². The summed E-state index contributed by atoms with van der Waals surface area (Å²) in [6, 6.07) is 4.46. The van der Waals surface area contributed by atoms with Crippen LogP contribution in [0.4, 0.5) is 4.79 Å². The lowest BCUT2D eigenvalue weighted by atomic mass is 9.93. The summed E-state index contributed by atoms with van der Waals surface area (Å²) in [5, 5.41) is 10.9. The van der Waals surface area contributed by atoms with Crippen LogP contribution in [0.5, 0.6) is 11.5 Å². The molecule has 9 nitrogen and oxygen atoms in total. The minimum Gasteiger partial charge on any atom is -0.497 e. The van der Waals surface area contributed by atoms with E-state index in [0.29, 0.717) is 23.5 Å². The maximum absolute atomic E-state index is 12.9. The van der Waals surface area contributed by atoms with Gasteiger partial charge in [0.2, 0.25) is 12.5 Å². The molecule has 1 aromatic carbocycles. The fourth-order valence-corrected chi connectivity index (χ4v) is 3.41. The lowest BCUT2D eigenvalue weighted by Gasteiger charge is -2.23. The number of cyclic esters (lactones) is 1. The van der Waals surface area contributed by atoms with Gasteiger partial charge in [-0.3, -0.25) is 14.9 Å². The molecule has 9 heteroatoms. The van der Waals surface area contributed by atoms with Gasteiger partial charge in [-0.15, -0.1) is 0 Å². The third-order valence-corrected chi connectivity index (χ3v) is 4.58. The molecule has 0 saturated carbocycles. The molecule has 0 spiro atoms. The van der Waals surface area contributed by atoms with Gasteiger partial charge in [-0.1, -0.05) is 13.8 Å². The Morgan fingerprint density at radius 1 is 1.29 bits per heavy atom. The summed E-state index contributed by atoms with van der Waals surface area (Å²) in [5.74, 6) is 0.305. The van der Waals surface area contributed by atoms with Crippen LogP contribution in [-0.4, -0.2) is 49.2 Å². The first kappa shape index (κ1) is 21.5. The highest BCUT2D eigenvalue weighted by Gasteiger charge is 2.40. The molecule has 2 amide bonds. The lowest BCUT2D eigenvalue weighted by molar-refractivity contribution is -0.488. The fraction of sp³-hybridized carbons (Fsp3) is 0.579. The van der Waals surface area contributed by atoms with Gasteiger partial charge in [0.15, 0.2) is 0 Å². The van der Waals surface area contributed by atoms with E-state index < -0.39 is 28.9 Å². The van der Waals surface area contributed by atoms with E-state index in [1.807, 2.05) is 13.8 Å². The van der Waals surface area contributed by atoms with Crippen molar-refractivity contribution >= 4 is 12.0 Å². The molecule has 1 aliphatic rings. The molecule has 2 unspecified atom stereocenters. The summed E-state index contributed by atoms with van der Waals surface area (Å²) in [4.78, 5) is 36.6. The summed E-state index contributed by atoms with van der Waals surface area (Å²) in [6.45, 7) is 3.56. The Balaban J connectivity index is 2.25. The van der Waals surface area contributed by atoms with E-state index >= 15 is 0 Å². The summed E-state index contributed by atoms with van der Waals surface area (Å²) >= 11 is 0. The van der Waals surface area contributed by atoms with E-state index in [9.17, 15) is 19.7 Å². The maximum Gasteiger partial charge on any atom is 0.417 e. The average Bonchev–Trinajstić information content (AvgIpc) is 3.01. The van der Waals surface area contributed by atoms with Crippen molar-refractivity contribution < 1.29 is 28.7 Å². The van der Waals surface area contributed by atoms with E-state index in [2.05, 4.69) is 0 Å². The number of methoxy groups -OCH3 is 2. The molecule has 0 aromatic heterocycles. The molecule has 2 atom stereocenters. The molecule has 154 valence electrons. The Kier molecular flexibility index (Phi) is 7.19. The number of hydrogen-bond acceptors (Lipinski definition) is 7. The van der Waals surface area contributed by atoms with Gasteiger partial charge in [0.1, 0.15) is 24.1 Å². The van der Waals surface area contributed by atoms with E-state index in [0.717, 1.165) is 4.90 Å². The summed E-state index contributed by atoms with van der Waals surface area (Å²) in [7, 11) is 3.01. The second kappa shape index (κ2) is 9.38. The Bertz CT molecular complexity index is 713. The van der Waals surface area contributed by atoms with Crippen molar-refractivity contribution in [3.63, 3.8) is 0 Å². The number of carbonyl (C=O) groups excluding carboxylic acids is 2. The number of carbonyl (C=O) groups is 2. The minimum atomic E-state index is -0.749. The number of benzene rings is 1. The fourth-order valence-electron chi connectivity index (χ4n) is 3.41. The third kappa shape index (κ3) is 5.34. The van der Waals surface area contributed by atoms with Gasteiger partial charge in [0.25, 0.3) is 0 Å². The van der Waals surface area contributed by atoms with Gasteiger partial charge < -0.3 is 14.2 Å². The SMILES string of the molecule is COc1cc(OC)cc(C2COC(=O)N2C(=O)CC(CC(C)C)C[N+](=O)[O-])c1. The normalized spacial score (nSPS) is 17.4. The monoisotopic (exact) mass is 394 g/mol. The largest absolute Gasteiger partial charge is 0.497 e. The Morgan fingerprint density at radius 3 is 2.39 bits per heavy atom. The summed E-state index contributed by atoms with van der Waals surface area (Å²) in [5.41, 5.74) is 0.630. The number of nitrogens with zero attached hydrogens (tertiary/aromatic N) is 2. The molecule has 1 aromatic rings. The van der Waals surface area contributed by atoms with Crippen molar-refractivity contribution in [3.05, 3.63) is 33.9 Å². The number of imide groups is 1. The molecule has 1 saturated heterocycles. The second-order valence-electron chi connectivity index (χ2n) is 7.22. The van der Waals surface area contributed by atoms with Gasteiger partial charge >= 0.3 is 6.09 Å². The molecular weight excluding hydrogens is 368 g/mol. The van der Waals surface area contributed by atoms with Crippen LogP contribution in [0.2, 0.25) is 0 Å². The first-order valence-electron chi connectivity index (χ1n) is 9.08. The Labute approximate surface area is 163 Å². The maximum atomic E-state index is 12.9. The molecule has 0 N–H and O–H groups in total. The van der Waals surface area contributed by atoms with Gasteiger partial charge in [-0.05, 0) is 30.0 Å². The molecular formula is C19H26N2O7. The van der Waals surface area contributed by atoms with Gasteiger partial charge in [-0.25, -0.2) is 9.69 Å². The first-order valence-corrected chi connectivity index (χ1v) is 9.08. The van der Waals surface area contributed by atoms with Crippen molar-refractivity contribution in [3.8, 4) is 11.5 Å². The highest BCUT2D eigenvalue weighted by Crippen LogP contribution is 2.34. The zero-order valence-electron chi connectivity index (χ0n) is 16.5. The smallest absolute Gasteiger partial charge is 0.417 e. The van der Waals surface area contributed by atoms with Gasteiger partial charge in [0.05, 0.1) is 14.2 Å². The topological polar surface area (TPSA) is 108 Å². The predicted molar refractivity (Wildman–Crippen MR) is 99.9 cm³/mol. The van der Waals surface area contributed by atoms with Crippen molar-refractivity contribution in [1.82, 2.24) is 4.90 Å². The summed E-state index contributed by atoms with van der Waals surface area (Å²) in [6.07, 6.45) is -0.319. The standard InChI is InChI=1S/C19H26N2O7/c1-12(2)5-13(10-20(24)25)6-18(22)21-17(11-28-19(21)23)14-7-15(26-3)9-16(8-14)27-4/h7-9,12-13,17H,5-6,10-11H2,1-4H3. The molecule has 0 aliphatic carbocycles. The second-order valence-corrected chi connectivity index (χ2v) is 7.22. The van der Waals surface area contributed by atoms with E-state index in [1.165, 1.54) is 14.2 Å². The lowest BCUT2D eigenvalue weighted by Crippen LogP contribution is -2.36. The van der Waals surface area contributed by atoms with Crippen LogP contribution in [0.3, 0.4) is 0 Å². The van der Waals surface area contributed by atoms with E-state index in [4.69, 9.17) is 14.2 Å². The zero-order valence-corrected chi connectivity index (χ0v) is 16.5. The molecule has 0 bridgehead atoms. The highest BCUT2D eigenvalue weighted by molar-refractivity contribution is 5.93. The van der Waals surface area contributed by atoms with Crippen LogP contribution in [0.15, 0.2) is 18.2 Å². The molecule has 2 rings (SSSR count). The van der Waals surface area contributed by atoms with Crippen LogP contribution in [0, 0.1) is 22.0 Å². The molecule has 1 heterocycles. The Morgan fingerprint density at radius 2 is 1.89 bits per heavy atom.